The summed E-state index contributed by atoms with van der Waals surface area (Å²) in [6.45, 7) is 4.91. The molecular weight excluding hydrogens is 398 g/mol. The second-order valence-corrected chi connectivity index (χ2v) is 8.38. The van der Waals surface area contributed by atoms with E-state index in [-0.39, 0.29) is 0 Å². The molecule has 0 saturated carbocycles. The quantitative estimate of drug-likeness (QED) is 0.506. The van der Waals surface area contributed by atoms with Gasteiger partial charge >= 0.3 is 0 Å². The van der Waals surface area contributed by atoms with E-state index in [0.29, 0.717) is 19.6 Å². The first kappa shape index (κ1) is 20.6. The van der Waals surface area contributed by atoms with Gasteiger partial charge in [0.25, 0.3) is 0 Å². The SMILES string of the molecule is Cc1nc2ccccc2nc1CN1CCOc2ccc(C(O)Cc3ccccc3)cc2C1. The number of aromatic nitrogens is 2. The molecule has 0 fully saturated rings. The number of aliphatic hydroxyl groups excluding tert-OH is 1. The van der Waals surface area contributed by atoms with E-state index >= 15 is 0 Å². The van der Waals surface area contributed by atoms with Gasteiger partial charge in [0.15, 0.2) is 0 Å². The topological polar surface area (TPSA) is 58.5 Å². The van der Waals surface area contributed by atoms with Crippen molar-refractivity contribution in [3.05, 3.63) is 101 Å². The highest BCUT2D eigenvalue weighted by atomic mass is 16.5. The fourth-order valence-electron chi connectivity index (χ4n) is 4.25. The second kappa shape index (κ2) is 9.07. The van der Waals surface area contributed by atoms with Gasteiger partial charge in [-0.05, 0) is 42.3 Å². The van der Waals surface area contributed by atoms with Gasteiger partial charge in [-0.25, -0.2) is 9.97 Å². The lowest BCUT2D eigenvalue weighted by Gasteiger charge is -2.20. The number of aliphatic hydroxyl groups is 1. The predicted octanol–water partition coefficient (Wildman–Crippen LogP) is 4.61. The summed E-state index contributed by atoms with van der Waals surface area (Å²) in [4.78, 5) is 11.9. The fourth-order valence-corrected chi connectivity index (χ4v) is 4.25. The minimum atomic E-state index is -0.548. The molecule has 162 valence electrons. The molecule has 5 rings (SSSR count). The van der Waals surface area contributed by atoms with E-state index < -0.39 is 6.10 Å². The maximum absolute atomic E-state index is 10.8. The number of para-hydroxylation sites is 2. The average Bonchev–Trinajstić information content (AvgIpc) is 3.01. The van der Waals surface area contributed by atoms with E-state index in [9.17, 15) is 5.11 Å². The fraction of sp³-hybridized carbons (Fsp3) is 0.259. The van der Waals surface area contributed by atoms with E-state index in [1.54, 1.807) is 0 Å². The number of ether oxygens (including phenoxy) is 1. The van der Waals surface area contributed by atoms with Gasteiger partial charge in [-0.15, -0.1) is 0 Å². The van der Waals surface area contributed by atoms with E-state index in [1.165, 1.54) is 0 Å². The molecule has 3 aromatic carbocycles. The largest absolute Gasteiger partial charge is 0.492 e. The lowest BCUT2D eigenvalue weighted by atomic mass is 9.99. The number of benzene rings is 3. The molecule has 0 aliphatic carbocycles. The molecule has 1 unspecified atom stereocenters. The number of hydrogen-bond donors (Lipinski definition) is 1. The molecular formula is C27H27N3O2. The van der Waals surface area contributed by atoms with Crippen molar-refractivity contribution in [2.24, 2.45) is 0 Å². The van der Waals surface area contributed by atoms with Gasteiger partial charge < -0.3 is 9.84 Å². The number of rotatable bonds is 5. The molecule has 5 heteroatoms. The van der Waals surface area contributed by atoms with Crippen LogP contribution >= 0.6 is 0 Å². The zero-order valence-corrected chi connectivity index (χ0v) is 18.2. The number of fused-ring (bicyclic) bond motifs is 2. The van der Waals surface area contributed by atoms with Gasteiger partial charge in [0.2, 0.25) is 0 Å². The summed E-state index contributed by atoms with van der Waals surface area (Å²) in [5.74, 6) is 0.893. The van der Waals surface area contributed by atoms with Crippen molar-refractivity contribution in [2.45, 2.75) is 32.5 Å². The molecule has 5 nitrogen and oxygen atoms in total. The Hall–Kier alpha value is -3.28. The average molecular weight is 426 g/mol. The Morgan fingerprint density at radius 3 is 2.53 bits per heavy atom. The summed E-state index contributed by atoms with van der Waals surface area (Å²) in [5.41, 5.74) is 6.94. The lowest BCUT2D eigenvalue weighted by molar-refractivity contribution is 0.178. The smallest absolute Gasteiger partial charge is 0.123 e. The van der Waals surface area contributed by atoms with E-state index in [0.717, 1.165) is 58.0 Å². The highest BCUT2D eigenvalue weighted by Gasteiger charge is 2.19. The van der Waals surface area contributed by atoms with Crippen LogP contribution in [-0.4, -0.2) is 33.1 Å². The van der Waals surface area contributed by atoms with Gasteiger partial charge in [-0.1, -0.05) is 48.5 Å². The van der Waals surface area contributed by atoms with Crippen LogP contribution in [0.2, 0.25) is 0 Å². The molecule has 0 radical (unpaired) electrons. The van der Waals surface area contributed by atoms with Crippen LogP contribution in [0, 0.1) is 6.92 Å². The Balaban J connectivity index is 1.35. The number of aryl methyl sites for hydroxylation is 1. The molecule has 1 aliphatic heterocycles. The maximum Gasteiger partial charge on any atom is 0.123 e. The molecule has 0 bridgehead atoms. The van der Waals surface area contributed by atoms with Crippen molar-refractivity contribution in [2.75, 3.05) is 13.2 Å². The molecule has 1 N–H and O–H groups in total. The Bertz CT molecular complexity index is 1230. The van der Waals surface area contributed by atoms with Crippen molar-refractivity contribution >= 4 is 11.0 Å². The van der Waals surface area contributed by atoms with E-state index in [2.05, 4.69) is 11.0 Å². The summed E-state index contributed by atoms with van der Waals surface area (Å²) in [6.07, 6.45) is 0.0452. The van der Waals surface area contributed by atoms with Crippen LogP contribution in [0.1, 0.15) is 34.2 Å². The van der Waals surface area contributed by atoms with Crippen LogP contribution in [0.3, 0.4) is 0 Å². The van der Waals surface area contributed by atoms with Crippen LogP contribution in [0.5, 0.6) is 5.75 Å². The molecule has 2 heterocycles. The van der Waals surface area contributed by atoms with Crippen molar-refractivity contribution in [1.29, 1.82) is 0 Å². The van der Waals surface area contributed by atoms with Crippen LogP contribution < -0.4 is 4.74 Å². The molecule has 1 atom stereocenters. The summed E-state index contributed by atoms with van der Waals surface area (Å²) < 4.78 is 6.01. The zero-order chi connectivity index (χ0) is 21.9. The minimum Gasteiger partial charge on any atom is -0.492 e. The Morgan fingerprint density at radius 1 is 0.969 bits per heavy atom. The van der Waals surface area contributed by atoms with Gasteiger partial charge in [0, 0.05) is 31.6 Å². The second-order valence-electron chi connectivity index (χ2n) is 8.38. The van der Waals surface area contributed by atoms with Crippen LogP contribution in [0.25, 0.3) is 11.0 Å². The first-order valence-corrected chi connectivity index (χ1v) is 11.1. The predicted molar refractivity (Wildman–Crippen MR) is 125 cm³/mol. The zero-order valence-electron chi connectivity index (χ0n) is 18.2. The third kappa shape index (κ3) is 4.49. The molecule has 0 saturated heterocycles. The highest BCUT2D eigenvalue weighted by molar-refractivity contribution is 5.74. The molecule has 0 spiro atoms. The van der Waals surface area contributed by atoms with Gasteiger partial charge in [0.05, 0.1) is 28.5 Å². The van der Waals surface area contributed by atoms with Crippen molar-refractivity contribution < 1.29 is 9.84 Å². The number of hydrogen-bond acceptors (Lipinski definition) is 5. The lowest BCUT2D eigenvalue weighted by Crippen LogP contribution is -2.26. The van der Waals surface area contributed by atoms with Gasteiger partial charge in [0.1, 0.15) is 12.4 Å². The van der Waals surface area contributed by atoms with Crippen molar-refractivity contribution in [3.8, 4) is 5.75 Å². The van der Waals surface area contributed by atoms with E-state index in [4.69, 9.17) is 14.7 Å². The highest BCUT2D eigenvalue weighted by Crippen LogP contribution is 2.29. The summed E-state index contributed by atoms with van der Waals surface area (Å²) in [5, 5.41) is 10.8. The van der Waals surface area contributed by atoms with Gasteiger partial charge in [-0.2, -0.15) is 0 Å². The Labute approximate surface area is 188 Å². The third-order valence-corrected chi connectivity index (χ3v) is 6.02. The minimum absolute atomic E-state index is 0.548. The van der Waals surface area contributed by atoms with Crippen molar-refractivity contribution in [3.63, 3.8) is 0 Å². The summed E-state index contributed by atoms with van der Waals surface area (Å²) in [7, 11) is 0. The summed E-state index contributed by atoms with van der Waals surface area (Å²) >= 11 is 0. The van der Waals surface area contributed by atoms with Crippen LogP contribution in [-0.2, 0) is 19.5 Å². The molecule has 1 aliphatic rings. The number of nitrogens with zero attached hydrogens (tertiary/aromatic N) is 3. The monoisotopic (exact) mass is 425 g/mol. The molecule has 32 heavy (non-hydrogen) atoms. The van der Waals surface area contributed by atoms with Crippen LogP contribution in [0.4, 0.5) is 0 Å². The third-order valence-electron chi connectivity index (χ3n) is 6.02. The van der Waals surface area contributed by atoms with Crippen LogP contribution in [0.15, 0.2) is 72.8 Å². The Kier molecular flexibility index (Phi) is 5.84. The normalized spacial score (nSPS) is 15.1. The van der Waals surface area contributed by atoms with Gasteiger partial charge in [-0.3, -0.25) is 4.90 Å². The van der Waals surface area contributed by atoms with E-state index in [1.807, 2.05) is 73.7 Å². The molecule has 4 aromatic rings. The standard InChI is InChI=1S/C27H27N3O2/c1-19-25(29-24-10-6-5-9-23(24)28-19)18-30-13-14-32-27-12-11-21(16-22(27)17-30)26(31)15-20-7-3-2-4-8-20/h2-12,16,26,31H,13-15,17-18H2,1H3. The first-order valence-electron chi connectivity index (χ1n) is 11.1. The Morgan fingerprint density at radius 2 is 1.72 bits per heavy atom. The summed E-state index contributed by atoms with van der Waals surface area (Å²) in [6, 6.07) is 24.1. The maximum atomic E-state index is 10.8. The molecule has 0 amide bonds. The molecule has 1 aromatic heterocycles. The van der Waals surface area contributed by atoms with Crippen molar-refractivity contribution in [1.82, 2.24) is 14.9 Å². The first-order chi connectivity index (χ1) is 15.7.